The molecular weight excluding hydrogens is 313 g/mol. The Kier molecular flexibility index (Phi) is 3.73. The first-order valence-electron chi connectivity index (χ1n) is 5.83. The molecule has 6 heteroatoms. The smallest absolute Gasteiger partial charge is 0.258 e. The van der Waals surface area contributed by atoms with Crippen molar-refractivity contribution in [3.8, 4) is 11.5 Å². The van der Waals surface area contributed by atoms with Crippen LogP contribution in [-0.4, -0.2) is 10.1 Å². The van der Waals surface area contributed by atoms with Gasteiger partial charge in [0.2, 0.25) is 0 Å². The Morgan fingerprint density at radius 1 is 1.32 bits per heavy atom. The van der Waals surface area contributed by atoms with Gasteiger partial charge < -0.3 is 10.3 Å². The molecule has 0 bridgehead atoms. The highest BCUT2D eigenvalue weighted by Gasteiger charge is 2.27. The van der Waals surface area contributed by atoms with E-state index in [0.29, 0.717) is 15.9 Å². The van der Waals surface area contributed by atoms with Gasteiger partial charge >= 0.3 is 0 Å². The molecule has 0 fully saturated rings. The third kappa shape index (κ3) is 3.19. The fraction of sp³-hybridized carbons (Fsp3) is 0.385. The molecule has 2 rings (SSSR count). The lowest BCUT2D eigenvalue weighted by Gasteiger charge is -2.23. The molecule has 1 unspecified atom stereocenters. The number of nitrogens with zero attached hydrogens (tertiary/aromatic N) is 2. The molecule has 1 aromatic carbocycles. The van der Waals surface area contributed by atoms with E-state index in [4.69, 9.17) is 10.3 Å². The summed E-state index contributed by atoms with van der Waals surface area (Å²) in [5.41, 5.74) is 6.40. The van der Waals surface area contributed by atoms with Gasteiger partial charge in [0.15, 0.2) is 5.82 Å². The van der Waals surface area contributed by atoms with Crippen LogP contribution >= 0.6 is 15.9 Å². The second-order valence-corrected chi connectivity index (χ2v) is 6.38. The quantitative estimate of drug-likeness (QED) is 0.913. The van der Waals surface area contributed by atoms with E-state index in [1.165, 1.54) is 12.1 Å². The first-order chi connectivity index (χ1) is 8.77. The van der Waals surface area contributed by atoms with Crippen molar-refractivity contribution >= 4 is 15.9 Å². The molecule has 0 saturated carbocycles. The van der Waals surface area contributed by atoms with Crippen LogP contribution in [-0.2, 0) is 0 Å². The van der Waals surface area contributed by atoms with Gasteiger partial charge in [-0.1, -0.05) is 41.9 Å². The molecule has 0 aliphatic carbocycles. The van der Waals surface area contributed by atoms with Crippen molar-refractivity contribution in [1.29, 1.82) is 0 Å². The fourth-order valence-corrected chi connectivity index (χ4v) is 2.01. The predicted octanol–water partition coefficient (Wildman–Crippen LogP) is 3.68. The monoisotopic (exact) mass is 327 g/mol. The standard InChI is InChI=1S/C13H15BrFN3O/c1-13(2,3)10(16)11-17-12(19-18-11)7-4-8(14)6-9(15)5-7/h4-6,10H,16H2,1-3H3. The van der Waals surface area contributed by atoms with Crippen LogP contribution in [0.1, 0.15) is 32.6 Å². The van der Waals surface area contributed by atoms with E-state index in [9.17, 15) is 4.39 Å². The number of rotatable bonds is 2. The Labute approximate surface area is 119 Å². The van der Waals surface area contributed by atoms with Gasteiger partial charge in [-0.15, -0.1) is 0 Å². The van der Waals surface area contributed by atoms with Gasteiger partial charge in [-0.25, -0.2) is 4.39 Å². The van der Waals surface area contributed by atoms with Gasteiger partial charge in [-0.05, 0) is 23.6 Å². The molecular formula is C13H15BrFN3O. The minimum Gasteiger partial charge on any atom is -0.334 e. The van der Waals surface area contributed by atoms with E-state index in [1.807, 2.05) is 20.8 Å². The molecule has 4 nitrogen and oxygen atoms in total. The van der Waals surface area contributed by atoms with E-state index in [-0.39, 0.29) is 23.2 Å². The Hall–Kier alpha value is -1.27. The van der Waals surface area contributed by atoms with Crippen LogP contribution < -0.4 is 5.73 Å². The lowest BCUT2D eigenvalue weighted by molar-refractivity contribution is 0.303. The lowest BCUT2D eigenvalue weighted by Crippen LogP contribution is -2.27. The van der Waals surface area contributed by atoms with Crippen LogP contribution in [0.15, 0.2) is 27.2 Å². The molecule has 2 N–H and O–H groups in total. The Bertz CT molecular complexity index is 572. The average Bonchev–Trinajstić information content (AvgIpc) is 2.74. The Balaban J connectivity index is 2.36. The van der Waals surface area contributed by atoms with Crippen molar-refractivity contribution in [2.75, 3.05) is 0 Å². The summed E-state index contributed by atoms with van der Waals surface area (Å²) in [6.07, 6.45) is 0. The number of halogens is 2. The summed E-state index contributed by atoms with van der Waals surface area (Å²) in [5.74, 6) is 0.307. The number of aromatic nitrogens is 2. The third-order valence-corrected chi connectivity index (χ3v) is 3.22. The summed E-state index contributed by atoms with van der Waals surface area (Å²) in [5, 5.41) is 3.87. The average molecular weight is 328 g/mol. The zero-order valence-corrected chi connectivity index (χ0v) is 12.5. The molecule has 2 aromatic rings. The lowest BCUT2D eigenvalue weighted by atomic mass is 9.87. The fourth-order valence-electron chi connectivity index (χ4n) is 1.54. The highest BCUT2D eigenvalue weighted by Crippen LogP contribution is 2.30. The normalized spacial score (nSPS) is 13.6. The summed E-state index contributed by atoms with van der Waals surface area (Å²) in [7, 11) is 0. The maximum atomic E-state index is 13.3. The van der Waals surface area contributed by atoms with Crippen molar-refractivity contribution in [3.63, 3.8) is 0 Å². The van der Waals surface area contributed by atoms with E-state index in [2.05, 4.69) is 26.1 Å². The molecule has 0 saturated heterocycles. The number of nitrogens with two attached hydrogens (primary N) is 1. The zero-order valence-electron chi connectivity index (χ0n) is 10.9. The van der Waals surface area contributed by atoms with Gasteiger partial charge in [0.25, 0.3) is 5.89 Å². The topological polar surface area (TPSA) is 64.9 Å². The summed E-state index contributed by atoms with van der Waals surface area (Å²) in [6, 6.07) is 4.07. The minimum atomic E-state index is -0.371. The van der Waals surface area contributed by atoms with Crippen molar-refractivity contribution in [3.05, 3.63) is 34.3 Å². The van der Waals surface area contributed by atoms with Gasteiger partial charge in [0.05, 0.1) is 6.04 Å². The van der Waals surface area contributed by atoms with Crippen molar-refractivity contribution in [1.82, 2.24) is 10.1 Å². The molecule has 1 heterocycles. The van der Waals surface area contributed by atoms with E-state index >= 15 is 0 Å². The van der Waals surface area contributed by atoms with E-state index in [0.717, 1.165) is 0 Å². The van der Waals surface area contributed by atoms with Crippen molar-refractivity contribution in [2.45, 2.75) is 26.8 Å². The largest absolute Gasteiger partial charge is 0.334 e. The molecule has 0 radical (unpaired) electrons. The zero-order chi connectivity index (χ0) is 14.2. The molecule has 19 heavy (non-hydrogen) atoms. The molecule has 0 amide bonds. The van der Waals surface area contributed by atoms with Crippen molar-refractivity contribution < 1.29 is 8.91 Å². The summed E-state index contributed by atoms with van der Waals surface area (Å²) in [4.78, 5) is 4.24. The maximum absolute atomic E-state index is 13.3. The van der Waals surface area contributed by atoms with E-state index < -0.39 is 0 Å². The second kappa shape index (κ2) is 5.02. The molecule has 1 aromatic heterocycles. The molecule has 0 aliphatic rings. The predicted molar refractivity (Wildman–Crippen MR) is 73.8 cm³/mol. The van der Waals surface area contributed by atoms with Crippen molar-refractivity contribution in [2.24, 2.45) is 11.1 Å². The van der Waals surface area contributed by atoms with E-state index in [1.54, 1.807) is 6.07 Å². The first kappa shape index (κ1) is 14.1. The Morgan fingerprint density at radius 2 is 2.00 bits per heavy atom. The van der Waals surface area contributed by atoms with Crippen LogP contribution in [0.4, 0.5) is 4.39 Å². The SMILES string of the molecule is CC(C)(C)C(N)c1noc(-c2cc(F)cc(Br)c2)n1. The van der Waals surface area contributed by atoms with Crippen LogP contribution in [0.3, 0.4) is 0 Å². The highest BCUT2D eigenvalue weighted by molar-refractivity contribution is 9.10. The maximum Gasteiger partial charge on any atom is 0.258 e. The van der Waals surface area contributed by atoms with Crippen LogP contribution in [0.2, 0.25) is 0 Å². The summed E-state index contributed by atoms with van der Waals surface area (Å²) < 4.78 is 19.1. The molecule has 0 spiro atoms. The Morgan fingerprint density at radius 3 is 2.58 bits per heavy atom. The van der Waals surface area contributed by atoms with Gasteiger partial charge in [0.1, 0.15) is 5.82 Å². The molecule has 1 atom stereocenters. The summed E-state index contributed by atoms with van der Waals surface area (Å²) in [6.45, 7) is 5.98. The van der Waals surface area contributed by atoms with Crippen LogP contribution in [0, 0.1) is 11.2 Å². The van der Waals surface area contributed by atoms with Gasteiger partial charge in [-0.3, -0.25) is 0 Å². The molecule has 102 valence electrons. The summed E-state index contributed by atoms with van der Waals surface area (Å²) >= 11 is 3.22. The van der Waals surface area contributed by atoms with Crippen LogP contribution in [0.5, 0.6) is 0 Å². The highest BCUT2D eigenvalue weighted by atomic mass is 79.9. The number of hydrogen-bond acceptors (Lipinski definition) is 4. The molecule has 0 aliphatic heterocycles. The first-order valence-corrected chi connectivity index (χ1v) is 6.62. The number of benzene rings is 1. The van der Waals surface area contributed by atoms with Gasteiger partial charge in [-0.2, -0.15) is 4.98 Å². The minimum absolute atomic E-state index is 0.177. The van der Waals surface area contributed by atoms with Crippen LogP contribution in [0.25, 0.3) is 11.5 Å². The third-order valence-electron chi connectivity index (χ3n) is 2.76. The number of hydrogen-bond donors (Lipinski definition) is 1. The second-order valence-electron chi connectivity index (χ2n) is 5.46. The van der Waals surface area contributed by atoms with Gasteiger partial charge in [0, 0.05) is 10.0 Å².